The molecule has 27 heavy (non-hydrogen) atoms. The Morgan fingerprint density at radius 3 is 2.67 bits per heavy atom. The smallest absolute Gasteiger partial charge is 0.229 e. The number of nitrogens with one attached hydrogen (secondary N) is 1. The highest BCUT2D eigenvalue weighted by atomic mass is 32.1. The second-order valence-electron chi connectivity index (χ2n) is 7.22. The van der Waals surface area contributed by atoms with Gasteiger partial charge in [0.05, 0.1) is 16.3 Å². The van der Waals surface area contributed by atoms with Crippen LogP contribution in [0.3, 0.4) is 0 Å². The molecule has 1 amide bonds. The number of nitrogens with zero attached hydrogens (tertiary/aromatic N) is 3. The molecule has 2 aliphatic rings. The monoisotopic (exact) mass is 380 g/mol. The van der Waals surface area contributed by atoms with Crippen molar-refractivity contribution in [3.63, 3.8) is 0 Å². The van der Waals surface area contributed by atoms with Gasteiger partial charge in [0.25, 0.3) is 0 Å². The van der Waals surface area contributed by atoms with Crippen LogP contribution in [0.25, 0.3) is 21.3 Å². The number of ether oxygens (including phenoxy) is 1. The van der Waals surface area contributed by atoms with E-state index in [1.807, 2.05) is 24.5 Å². The quantitative estimate of drug-likeness (QED) is 0.694. The van der Waals surface area contributed by atoms with Gasteiger partial charge in [-0.25, -0.2) is 15.0 Å². The Morgan fingerprint density at radius 1 is 1.15 bits per heavy atom. The topological polar surface area (TPSA) is 77.0 Å². The first-order valence-corrected chi connectivity index (χ1v) is 10.2. The predicted octanol–water partition coefficient (Wildman–Crippen LogP) is 4.17. The van der Waals surface area contributed by atoms with Crippen molar-refractivity contribution in [2.45, 2.75) is 44.8 Å². The van der Waals surface area contributed by atoms with E-state index in [1.165, 1.54) is 17.8 Å². The zero-order chi connectivity index (χ0) is 18.2. The minimum Gasteiger partial charge on any atom is -0.370 e. The van der Waals surface area contributed by atoms with Gasteiger partial charge in [0, 0.05) is 23.9 Å². The van der Waals surface area contributed by atoms with Gasteiger partial charge in [-0.05, 0) is 49.8 Å². The number of hydrogen-bond donors (Lipinski definition) is 1. The first-order chi connectivity index (χ1) is 13.2. The second kappa shape index (κ2) is 6.98. The summed E-state index contributed by atoms with van der Waals surface area (Å²) < 4.78 is 6.79. The van der Waals surface area contributed by atoms with E-state index in [4.69, 9.17) is 4.74 Å². The van der Waals surface area contributed by atoms with Crippen molar-refractivity contribution in [2.75, 3.05) is 5.32 Å². The number of benzene rings is 1. The van der Waals surface area contributed by atoms with E-state index in [2.05, 4.69) is 26.3 Å². The fraction of sp³-hybridized carbons (Fsp3) is 0.400. The van der Waals surface area contributed by atoms with Crippen LogP contribution in [0.4, 0.5) is 5.13 Å². The van der Waals surface area contributed by atoms with E-state index < -0.39 is 0 Å². The van der Waals surface area contributed by atoms with Crippen molar-refractivity contribution < 1.29 is 9.53 Å². The third-order valence-electron chi connectivity index (χ3n) is 5.11. The molecule has 2 heterocycles. The molecule has 2 aromatic heterocycles. The van der Waals surface area contributed by atoms with Crippen LogP contribution in [0.2, 0.25) is 0 Å². The van der Waals surface area contributed by atoms with Crippen molar-refractivity contribution in [3.8, 4) is 11.1 Å². The van der Waals surface area contributed by atoms with Crippen LogP contribution in [-0.2, 0) is 16.1 Å². The van der Waals surface area contributed by atoms with Gasteiger partial charge in [0.2, 0.25) is 5.91 Å². The maximum atomic E-state index is 11.9. The lowest BCUT2D eigenvalue weighted by atomic mass is 9.96. The molecule has 0 spiro atoms. The summed E-state index contributed by atoms with van der Waals surface area (Å²) >= 11 is 1.50. The highest BCUT2D eigenvalue weighted by Crippen LogP contribution is 2.33. The van der Waals surface area contributed by atoms with Crippen LogP contribution in [0, 0.1) is 5.92 Å². The van der Waals surface area contributed by atoms with Gasteiger partial charge < -0.3 is 10.1 Å². The van der Waals surface area contributed by atoms with E-state index in [0.717, 1.165) is 52.9 Å². The number of thiazole rings is 1. The lowest BCUT2D eigenvalue weighted by molar-refractivity contribution is -0.117. The molecule has 1 N–H and O–H groups in total. The maximum absolute atomic E-state index is 11.9. The number of anilines is 1. The third kappa shape index (κ3) is 3.70. The van der Waals surface area contributed by atoms with Crippen LogP contribution in [0.15, 0.2) is 30.6 Å². The van der Waals surface area contributed by atoms with Gasteiger partial charge in [-0.15, -0.1) is 0 Å². The molecule has 2 aliphatic carbocycles. The Bertz CT molecular complexity index is 977. The zero-order valence-corrected chi connectivity index (χ0v) is 15.7. The fourth-order valence-electron chi connectivity index (χ4n) is 3.02. The predicted molar refractivity (Wildman–Crippen MR) is 104 cm³/mol. The minimum absolute atomic E-state index is 0.0855. The van der Waals surface area contributed by atoms with Gasteiger partial charge in [-0.1, -0.05) is 17.4 Å². The molecule has 0 atom stereocenters. The lowest BCUT2D eigenvalue weighted by Crippen LogP contribution is -2.21. The SMILES string of the molecule is O=C(Nc1nc2ccc(-c3cnc(COC4CCC4)nc3)cc2s1)C1CC1. The number of rotatable bonds is 6. The molecule has 0 bridgehead atoms. The Morgan fingerprint density at radius 2 is 1.96 bits per heavy atom. The number of carbonyl (C=O) groups excluding carboxylic acids is 1. The molecule has 0 aliphatic heterocycles. The summed E-state index contributed by atoms with van der Waals surface area (Å²) in [5.41, 5.74) is 2.89. The largest absolute Gasteiger partial charge is 0.370 e. The summed E-state index contributed by atoms with van der Waals surface area (Å²) in [5.74, 6) is 0.980. The average Bonchev–Trinajstić information content (AvgIpc) is 3.41. The van der Waals surface area contributed by atoms with Crippen molar-refractivity contribution in [2.24, 2.45) is 5.92 Å². The summed E-state index contributed by atoms with van der Waals surface area (Å²) in [6, 6.07) is 6.06. The van der Waals surface area contributed by atoms with Crippen LogP contribution in [0.1, 0.15) is 37.9 Å². The third-order valence-corrected chi connectivity index (χ3v) is 6.04. The van der Waals surface area contributed by atoms with Crippen molar-refractivity contribution >= 4 is 32.6 Å². The van der Waals surface area contributed by atoms with E-state index in [-0.39, 0.29) is 11.8 Å². The van der Waals surface area contributed by atoms with Crippen LogP contribution in [-0.4, -0.2) is 27.0 Å². The van der Waals surface area contributed by atoms with E-state index in [9.17, 15) is 4.79 Å². The van der Waals surface area contributed by atoms with Gasteiger partial charge in [0.15, 0.2) is 11.0 Å². The number of hydrogen-bond acceptors (Lipinski definition) is 6. The molecular weight excluding hydrogens is 360 g/mol. The number of aromatic nitrogens is 3. The van der Waals surface area contributed by atoms with E-state index >= 15 is 0 Å². The Kier molecular flexibility index (Phi) is 4.33. The maximum Gasteiger partial charge on any atom is 0.229 e. The molecule has 6 nitrogen and oxygen atoms in total. The van der Waals surface area contributed by atoms with Gasteiger partial charge in [-0.3, -0.25) is 4.79 Å². The summed E-state index contributed by atoms with van der Waals surface area (Å²) in [6.45, 7) is 0.475. The minimum atomic E-state index is 0.0855. The molecule has 0 unspecified atom stereocenters. The summed E-state index contributed by atoms with van der Waals surface area (Å²) in [5, 5.41) is 3.59. The molecule has 3 aromatic rings. The molecule has 0 radical (unpaired) electrons. The van der Waals surface area contributed by atoms with Crippen molar-refractivity contribution in [1.29, 1.82) is 0 Å². The Labute approximate surface area is 161 Å². The number of carbonyl (C=O) groups is 1. The van der Waals surface area contributed by atoms with Crippen LogP contribution >= 0.6 is 11.3 Å². The standard InChI is InChI=1S/C20H20N4O2S/c25-19(12-4-5-12)24-20-23-16-7-6-13(8-17(16)27-20)14-9-21-18(22-10-14)11-26-15-2-1-3-15/h6-10,12,15H,1-5,11H2,(H,23,24,25). The van der Waals surface area contributed by atoms with Crippen LogP contribution < -0.4 is 5.32 Å². The number of fused-ring (bicyclic) bond motifs is 1. The van der Waals surface area contributed by atoms with Crippen molar-refractivity contribution in [1.82, 2.24) is 15.0 Å². The van der Waals surface area contributed by atoms with Gasteiger partial charge >= 0.3 is 0 Å². The van der Waals surface area contributed by atoms with E-state index in [1.54, 1.807) is 0 Å². The van der Waals surface area contributed by atoms with Crippen LogP contribution in [0.5, 0.6) is 0 Å². The molecule has 138 valence electrons. The normalized spacial score (nSPS) is 17.0. The molecule has 2 fully saturated rings. The second-order valence-corrected chi connectivity index (χ2v) is 8.25. The van der Waals surface area contributed by atoms with E-state index in [0.29, 0.717) is 17.8 Å². The van der Waals surface area contributed by atoms with Gasteiger partial charge in [-0.2, -0.15) is 0 Å². The Balaban J connectivity index is 1.30. The summed E-state index contributed by atoms with van der Waals surface area (Å²) in [7, 11) is 0. The molecule has 0 saturated heterocycles. The van der Waals surface area contributed by atoms with Crippen molar-refractivity contribution in [3.05, 3.63) is 36.4 Å². The highest BCUT2D eigenvalue weighted by molar-refractivity contribution is 7.22. The molecule has 5 rings (SSSR count). The highest BCUT2D eigenvalue weighted by Gasteiger charge is 2.30. The summed E-state index contributed by atoms with van der Waals surface area (Å²) in [4.78, 5) is 25.3. The first kappa shape index (κ1) is 16.8. The fourth-order valence-corrected chi connectivity index (χ4v) is 3.93. The summed E-state index contributed by atoms with van der Waals surface area (Å²) in [6.07, 6.45) is 9.60. The lowest BCUT2D eigenvalue weighted by Gasteiger charge is -2.24. The molecule has 2 saturated carbocycles. The molecule has 7 heteroatoms. The average molecular weight is 380 g/mol. The number of amides is 1. The Hall–Kier alpha value is -2.38. The van der Waals surface area contributed by atoms with Gasteiger partial charge in [0.1, 0.15) is 6.61 Å². The molecule has 1 aromatic carbocycles. The first-order valence-electron chi connectivity index (χ1n) is 9.39. The zero-order valence-electron chi connectivity index (χ0n) is 14.9. The molecular formula is C20H20N4O2S.